The second kappa shape index (κ2) is 14.5. The van der Waals surface area contributed by atoms with E-state index in [2.05, 4.69) is 4.79 Å². The summed E-state index contributed by atoms with van der Waals surface area (Å²) in [7, 11) is 0. The third-order valence-corrected chi connectivity index (χ3v) is 6.44. The molecule has 3 aromatic carbocycles. The quantitative estimate of drug-likeness (QED) is 0.162. The second-order valence-corrected chi connectivity index (χ2v) is 9.13. The monoisotopic (exact) mass is 531 g/mol. The van der Waals surface area contributed by atoms with Crippen molar-refractivity contribution < 1.29 is 33.7 Å². The lowest BCUT2D eigenvalue weighted by Gasteiger charge is -2.43. The summed E-state index contributed by atoms with van der Waals surface area (Å²) in [6.07, 6.45) is -2.33. The number of rotatable bonds is 12. The van der Waals surface area contributed by atoms with Crippen LogP contribution in [0.2, 0.25) is 0 Å². The Labute approximate surface area is 228 Å². The maximum atomic E-state index is 12.7. The van der Waals surface area contributed by atoms with Crippen LogP contribution in [0.15, 0.2) is 91.0 Å². The van der Waals surface area contributed by atoms with Crippen molar-refractivity contribution in [1.29, 1.82) is 0 Å². The average Bonchev–Trinajstić information content (AvgIpc) is 2.97. The van der Waals surface area contributed by atoms with Crippen molar-refractivity contribution in [3.63, 3.8) is 0 Å². The highest BCUT2D eigenvalue weighted by Crippen LogP contribution is 2.28. The van der Waals surface area contributed by atoms with Gasteiger partial charge in [-0.25, -0.2) is 4.79 Å². The van der Waals surface area contributed by atoms with Gasteiger partial charge in [0.2, 0.25) is 0 Å². The molecule has 39 heavy (non-hydrogen) atoms. The highest BCUT2D eigenvalue weighted by molar-refractivity contribution is 6.36. The molecule has 0 aromatic heterocycles. The molecule has 9 heteroatoms. The number of ether oxygens (including phenoxy) is 4. The van der Waals surface area contributed by atoms with Gasteiger partial charge in [0.25, 0.3) is 0 Å². The molecule has 9 nitrogen and oxygen atoms in total. The first-order valence-electron chi connectivity index (χ1n) is 12.9. The fraction of sp³-hybridized carbons (Fsp3) is 0.333. The minimum Gasteiger partial charge on any atom is -0.457 e. The molecule has 0 aliphatic carbocycles. The lowest BCUT2D eigenvalue weighted by atomic mass is 9.91. The van der Waals surface area contributed by atoms with Crippen LogP contribution in [0.5, 0.6) is 0 Å². The molecule has 0 spiro atoms. The molecule has 0 bridgehead atoms. The second-order valence-electron chi connectivity index (χ2n) is 9.13. The normalized spacial score (nSPS) is 21.2. The molecule has 0 amide bonds. The first-order chi connectivity index (χ1) is 19.1. The van der Waals surface area contributed by atoms with Crippen LogP contribution in [0.1, 0.15) is 23.6 Å². The summed E-state index contributed by atoms with van der Waals surface area (Å²) in [5.41, 5.74) is 12.2. The topological polar surface area (TPSA) is 114 Å². The molecule has 0 saturated carbocycles. The molecular formula is C30H33N3O6. The molecule has 1 N–H and O–H groups in total. The van der Waals surface area contributed by atoms with E-state index in [1.807, 2.05) is 91.0 Å². The number of hydrogen-bond donors (Lipinski definition) is 1. The van der Waals surface area contributed by atoms with Crippen molar-refractivity contribution >= 4 is 11.7 Å². The summed E-state index contributed by atoms with van der Waals surface area (Å²) in [5, 5.41) is 12.0. The van der Waals surface area contributed by atoms with Gasteiger partial charge in [0.05, 0.1) is 33.0 Å². The zero-order valence-electron chi connectivity index (χ0n) is 21.8. The molecule has 0 radical (unpaired) electrons. The summed E-state index contributed by atoms with van der Waals surface area (Å²) in [6.45, 7) is 2.37. The van der Waals surface area contributed by atoms with E-state index in [0.717, 1.165) is 21.8 Å². The van der Waals surface area contributed by atoms with Crippen LogP contribution < -0.4 is 0 Å². The van der Waals surface area contributed by atoms with E-state index in [1.54, 1.807) is 6.92 Å². The first-order valence-corrected chi connectivity index (χ1v) is 12.9. The number of hydroxylamine groups is 2. The Morgan fingerprint density at radius 3 is 1.74 bits per heavy atom. The Hall–Kier alpha value is -3.69. The Morgan fingerprint density at radius 1 is 0.821 bits per heavy atom. The maximum absolute atomic E-state index is 12.7. The van der Waals surface area contributed by atoms with Gasteiger partial charge in [-0.15, -0.1) is 0 Å². The van der Waals surface area contributed by atoms with Crippen LogP contribution in [0, 0.1) is 0 Å². The van der Waals surface area contributed by atoms with Gasteiger partial charge in [-0.05, 0) is 23.6 Å². The Bertz CT molecular complexity index is 1220. The van der Waals surface area contributed by atoms with Crippen molar-refractivity contribution in [2.75, 3.05) is 13.2 Å². The van der Waals surface area contributed by atoms with Gasteiger partial charge in [-0.2, -0.15) is 9.85 Å². The van der Waals surface area contributed by atoms with Crippen LogP contribution in [0.3, 0.4) is 0 Å². The molecule has 0 unspecified atom stereocenters. The van der Waals surface area contributed by atoms with E-state index in [0.29, 0.717) is 0 Å². The molecule has 4 rings (SSSR count). The number of benzene rings is 3. The summed E-state index contributed by atoms with van der Waals surface area (Å²) in [4.78, 5) is 16.0. The van der Waals surface area contributed by atoms with E-state index in [1.165, 1.54) is 0 Å². The van der Waals surface area contributed by atoms with Crippen molar-refractivity contribution in [2.45, 2.75) is 51.1 Å². The number of carbonyl (C=O) groups excluding carboxylic acids is 1. The Kier molecular flexibility index (Phi) is 10.5. The number of carbonyl (C=O) groups is 1. The molecule has 4 atom stereocenters. The number of nitrogens with zero attached hydrogens (tertiary/aromatic N) is 3. The fourth-order valence-electron chi connectivity index (χ4n) is 4.53. The number of hydrogen-bond acceptors (Lipinski definition) is 7. The average molecular weight is 532 g/mol. The van der Waals surface area contributed by atoms with Gasteiger partial charge in [0.1, 0.15) is 18.3 Å². The SMILES string of the molecule is CCOC(=O)C(=[N+]=[N-])[C@@H]1[C@@H](OCc2ccccc2)[C@H](OCc2ccccc2)[C@H](OCc2ccccc2)CN1O. The van der Waals surface area contributed by atoms with E-state index in [-0.39, 0.29) is 38.7 Å². The van der Waals surface area contributed by atoms with Gasteiger partial charge < -0.3 is 29.7 Å². The van der Waals surface area contributed by atoms with Crippen LogP contribution in [-0.2, 0) is 43.6 Å². The van der Waals surface area contributed by atoms with Crippen molar-refractivity contribution in [3.05, 3.63) is 113 Å². The third-order valence-electron chi connectivity index (χ3n) is 6.44. The molecule has 3 aromatic rings. The summed E-state index contributed by atoms with van der Waals surface area (Å²) >= 11 is 0. The highest BCUT2D eigenvalue weighted by atomic mass is 16.6. The first kappa shape index (κ1) is 28.3. The van der Waals surface area contributed by atoms with Gasteiger partial charge in [-0.1, -0.05) is 91.0 Å². The van der Waals surface area contributed by atoms with Crippen LogP contribution in [-0.4, -0.2) is 64.2 Å². The summed E-state index contributed by atoms with van der Waals surface area (Å²) < 4.78 is 24.1. The van der Waals surface area contributed by atoms with E-state index in [4.69, 9.17) is 18.9 Å². The lowest BCUT2D eigenvalue weighted by Crippen LogP contribution is -2.66. The number of esters is 1. The largest absolute Gasteiger partial charge is 0.457 e. The standard InChI is InChI=1S/C30H33N3O6/c1-2-36-30(34)26(32-31)27-29(39-21-24-16-10-5-11-17-24)28(38-20-23-14-8-4-9-15-23)25(18-33(27)35)37-19-22-12-6-3-7-13-22/h3-17,25,27-29,35H,2,18-21H2,1H3/t25-,27-,28-,29-/m1/s1. The minimum absolute atomic E-state index is 0.0272. The van der Waals surface area contributed by atoms with Gasteiger partial charge in [0.15, 0.2) is 6.04 Å². The summed E-state index contributed by atoms with van der Waals surface area (Å²) in [6, 6.07) is 27.6. The van der Waals surface area contributed by atoms with Crippen LogP contribution in [0.25, 0.3) is 5.53 Å². The smallest absolute Gasteiger partial charge is 0.418 e. The van der Waals surface area contributed by atoms with E-state index in [9.17, 15) is 15.5 Å². The zero-order chi connectivity index (χ0) is 27.5. The zero-order valence-corrected chi connectivity index (χ0v) is 21.8. The van der Waals surface area contributed by atoms with Crippen molar-refractivity contribution in [2.24, 2.45) is 0 Å². The molecular weight excluding hydrogens is 498 g/mol. The van der Waals surface area contributed by atoms with Crippen molar-refractivity contribution in [3.8, 4) is 0 Å². The van der Waals surface area contributed by atoms with E-state index < -0.39 is 30.3 Å². The Balaban J connectivity index is 1.66. The van der Waals surface area contributed by atoms with Crippen LogP contribution >= 0.6 is 0 Å². The molecule has 204 valence electrons. The highest BCUT2D eigenvalue weighted by Gasteiger charge is 2.53. The van der Waals surface area contributed by atoms with Gasteiger partial charge >= 0.3 is 11.7 Å². The predicted octanol–water partition coefficient (Wildman–Crippen LogP) is 4.05. The molecule has 1 fully saturated rings. The molecule has 1 aliphatic heterocycles. The number of piperidine rings is 1. The minimum atomic E-state index is -1.17. The maximum Gasteiger partial charge on any atom is 0.418 e. The molecule has 1 aliphatic rings. The Morgan fingerprint density at radius 2 is 1.28 bits per heavy atom. The lowest BCUT2D eigenvalue weighted by molar-refractivity contribution is -0.257. The van der Waals surface area contributed by atoms with Crippen LogP contribution in [0.4, 0.5) is 0 Å². The fourth-order valence-corrected chi connectivity index (χ4v) is 4.53. The summed E-state index contributed by atoms with van der Waals surface area (Å²) in [5.74, 6) is -0.858. The van der Waals surface area contributed by atoms with Gasteiger partial charge in [-0.3, -0.25) is 0 Å². The van der Waals surface area contributed by atoms with Gasteiger partial charge in [0, 0.05) is 0 Å². The molecule has 1 heterocycles. The van der Waals surface area contributed by atoms with Crippen molar-refractivity contribution in [1.82, 2.24) is 5.06 Å². The predicted molar refractivity (Wildman–Crippen MR) is 143 cm³/mol. The molecule has 1 saturated heterocycles. The van der Waals surface area contributed by atoms with E-state index >= 15 is 0 Å². The third kappa shape index (κ3) is 7.68.